The van der Waals surface area contributed by atoms with Gasteiger partial charge in [0.05, 0.1) is 5.39 Å². The predicted molar refractivity (Wildman–Crippen MR) is 63.6 cm³/mol. The van der Waals surface area contributed by atoms with Crippen LogP contribution in [0, 0.1) is 0 Å². The lowest BCUT2D eigenvalue weighted by molar-refractivity contribution is 0.452. The lowest BCUT2D eigenvalue weighted by Gasteiger charge is -2.10. The minimum Gasteiger partial charge on any atom is -0.408 e. The Kier molecular flexibility index (Phi) is 1.75. The lowest BCUT2D eigenvalue weighted by Crippen LogP contribution is -2.24. The van der Waals surface area contributed by atoms with Gasteiger partial charge in [-0.1, -0.05) is 17.2 Å². The van der Waals surface area contributed by atoms with Crippen molar-refractivity contribution in [3.8, 4) is 0 Å². The molecule has 2 heterocycles. The van der Waals surface area contributed by atoms with Crippen LogP contribution in [0.25, 0.3) is 11.0 Å². The minimum atomic E-state index is -0.296. The van der Waals surface area contributed by atoms with E-state index < -0.39 is 0 Å². The Morgan fingerprint density at radius 2 is 2.12 bits per heavy atom. The van der Waals surface area contributed by atoms with Crippen LogP contribution in [0.3, 0.4) is 0 Å². The minimum absolute atomic E-state index is 0.0944. The summed E-state index contributed by atoms with van der Waals surface area (Å²) in [4.78, 5) is 12.1. The molecular weight excluding hydrogens is 228 g/mol. The Hall–Kier alpha value is -1.65. The third kappa shape index (κ3) is 1.14. The fraction of sp³-hybridized carbons (Fsp3) is 0.0909. The van der Waals surface area contributed by atoms with E-state index >= 15 is 0 Å². The average molecular weight is 236 g/mol. The first-order valence-corrected chi connectivity index (χ1v) is 5.11. The molecule has 1 atom stereocenters. The molecule has 1 aliphatic rings. The molecule has 80 valence electrons. The number of quaternary nitrogens is 1. The molecule has 16 heavy (non-hydrogen) atoms. The summed E-state index contributed by atoms with van der Waals surface area (Å²) in [5.41, 5.74) is 0.862. The first kappa shape index (κ1) is 9.57. The molecule has 0 saturated heterocycles. The van der Waals surface area contributed by atoms with Gasteiger partial charge in [-0.2, -0.15) is 0 Å². The van der Waals surface area contributed by atoms with Crippen LogP contribution < -0.4 is 9.54 Å². The molecule has 0 bridgehead atoms. The summed E-state index contributed by atoms with van der Waals surface area (Å²) in [6.07, 6.45) is 1.46. The zero-order valence-corrected chi connectivity index (χ0v) is 9.23. The zero-order chi connectivity index (χ0) is 11.3. The summed E-state index contributed by atoms with van der Waals surface area (Å²) >= 11 is 6.08. The van der Waals surface area contributed by atoms with Gasteiger partial charge in [0.2, 0.25) is 17.2 Å². The van der Waals surface area contributed by atoms with Crippen molar-refractivity contribution >= 4 is 34.8 Å². The molecule has 0 spiro atoms. The Balaban J connectivity index is 2.50. The molecule has 1 aliphatic heterocycles. The molecule has 0 amide bonds. The van der Waals surface area contributed by atoms with E-state index in [2.05, 4.69) is 5.10 Å². The van der Waals surface area contributed by atoms with Gasteiger partial charge in [-0.3, -0.25) is 4.79 Å². The van der Waals surface area contributed by atoms with Crippen molar-refractivity contribution in [2.75, 3.05) is 7.05 Å². The molecule has 1 aromatic carbocycles. The highest BCUT2D eigenvalue weighted by molar-refractivity contribution is 6.23. The summed E-state index contributed by atoms with van der Waals surface area (Å²) in [7, 11) is 1.64. The number of fused-ring (bicyclic) bond motifs is 2. The van der Waals surface area contributed by atoms with Crippen LogP contribution >= 0.6 is 11.8 Å². The van der Waals surface area contributed by atoms with Crippen LogP contribution in [0.2, 0.25) is 0 Å². The molecule has 5 heteroatoms. The van der Waals surface area contributed by atoms with E-state index in [9.17, 15) is 4.79 Å². The number of halogens is 1. The van der Waals surface area contributed by atoms with E-state index in [-0.39, 0.29) is 9.54 Å². The average Bonchev–Trinajstić information content (AvgIpc) is 2.56. The highest BCUT2D eigenvalue weighted by Gasteiger charge is 2.37. The maximum atomic E-state index is 12.1. The first-order valence-electron chi connectivity index (χ1n) is 4.78. The maximum Gasteiger partial charge on any atom is 0.356 e. The van der Waals surface area contributed by atoms with Crippen LogP contribution in [-0.2, 0) is 0 Å². The molecule has 1 aromatic heterocycles. The number of hydrogen-bond donors (Lipinski definition) is 0. The number of nitrogens with zero attached hydrogens (tertiary/aromatic N) is 2. The molecule has 0 fully saturated rings. The normalized spacial score (nSPS) is 22.6. The fourth-order valence-electron chi connectivity index (χ4n) is 1.78. The molecule has 1 unspecified atom stereocenters. The van der Waals surface area contributed by atoms with E-state index in [0.717, 1.165) is 0 Å². The molecule has 0 saturated carbocycles. The monoisotopic (exact) mass is 235 g/mol. The predicted octanol–water partition coefficient (Wildman–Crippen LogP) is 2.23. The SMILES string of the molecule is C[N+]1(Cl)N=Cc2c1oc1ccccc1c2=O. The molecule has 4 nitrogen and oxygen atoms in total. The van der Waals surface area contributed by atoms with Crippen LogP contribution in [0.5, 0.6) is 0 Å². The van der Waals surface area contributed by atoms with Gasteiger partial charge in [-0.25, -0.2) is 0 Å². The van der Waals surface area contributed by atoms with Crippen molar-refractivity contribution < 1.29 is 4.42 Å². The van der Waals surface area contributed by atoms with Gasteiger partial charge in [-0.15, -0.1) is 0 Å². The zero-order valence-electron chi connectivity index (χ0n) is 8.48. The van der Waals surface area contributed by atoms with Gasteiger partial charge in [-0.05, 0) is 16.2 Å². The molecule has 0 radical (unpaired) electrons. The summed E-state index contributed by atoms with van der Waals surface area (Å²) in [5, 5.41) is 4.55. The van der Waals surface area contributed by atoms with Gasteiger partial charge < -0.3 is 4.42 Å². The summed E-state index contributed by atoms with van der Waals surface area (Å²) in [6, 6.07) is 7.08. The third-order valence-corrected chi connectivity index (χ3v) is 2.83. The summed E-state index contributed by atoms with van der Waals surface area (Å²) < 4.78 is 5.32. The second-order valence-corrected chi connectivity index (χ2v) is 4.40. The second kappa shape index (κ2) is 2.93. The molecule has 3 rings (SSSR count). The molecule has 2 aromatic rings. The molecular formula is C11H8ClN2O2+. The maximum absolute atomic E-state index is 12.1. The Morgan fingerprint density at radius 3 is 2.94 bits per heavy atom. The lowest BCUT2D eigenvalue weighted by atomic mass is 10.2. The van der Waals surface area contributed by atoms with Crippen molar-refractivity contribution in [3.05, 3.63) is 40.1 Å². The van der Waals surface area contributed by atoms with E-state index in [1.54, 1.807) is 25.2 Å². The Morgan fingerprint density at radius 1 is 1.38 bits per heavy atom. The van der Waals surface area contributed by atoms with Crippen molar-refractivity contribution in [2.24, 2.45) is 5.10 Å². The first-order chi connectivity index (χ1) is 7.59. The van der Waals surface area contributed by atoms with Crippen molar-refractivity contribution in [2.45, 2.75) is 0 Å². The molecule has 0 aliphatic carbocycles. The van der Waals surface area contributed by atoms with Gasteiger partial charge in [0, 0.05) is 0 Å². The summed E-state index contributed by atoms with van der Waals surface area (Å²) in [6.45, 7) is 0. The topological polar surface area (TPSA) is 42.6 Å². The highest BCUT2D eigenvalue weighted by atomic mass is 35.5. The Bertz CT molecular complexity index is 673. The number of rotatable bonds is 0. The molecule has 0 N–H and O–H groups in total. The van der Waals surface area contributed by atoms with Crippen LogP contribution in [-0.4, -0.2) is 13.3 Å². The van der Waals surface area contributed by atoms with Gasteiger partial charge in [0.1, 0.15) is 18.8 Å². The Labute approximate surface area is 96.1 Å². The van der Waals surface area contributed by atoms with Crippen molar-refractivity contribution in [3.63, 3.8) is 0 Å². The van der Waals surface area contributed by atoms with Gasteiger partial charge >= 0.3 is 5.88 Å². The quantitative estimate of drug-likeness (QED) is 0.657. The number of para-hydroxylation sites is 1. The number of hydrogen-bond acceptors (Lipinski definition) is 3. The van der Waals surface area contributed by atoms with Gasteiger partial charge in [0.15, 0.2) is 5.56 Å². The smallest absolute Gasteiger partial charge is 0.356 e. The van der Waals surface area contributed by atoms with Gasteiger partial charge in [0.25, 0.3) is 0 Å². The van der Waals surface area contributed by atoms with E-state index in [4.69, 9.17) is 16.2 Å². The second-order valence-electron chi connectivity index (χ2n) is 3.74. The van der Waals surface area contributed by atoms with E-state index in [1.807, 2.05) is 6.07 Å². The van der Waals surface area contributed by atoms with Crippen molar-refractivity contribution in [1.82, 2.24) is 4.11 Å². The van der Waals surface area contributed by atoms with E-state index in [0.29, 0.717) is 22.4 Å². The summed E-state index contributed by atoms with van der Waals surface area (Å²) in [5.74, 6) is 0.366. The number of benzene rings is 1. The third-order valence-electron chi connectivity index (χ3n) is 2.59. The standard InChI is InChI=1S/C11H8ClN2O2/c1-14(12)11-8(6-13-14)10(15)7-4-2-3-5-9(7)16-11/h2-6H,1H3/q+1. The fourth-order valence-corrected chi connectivity index (χ4v) is 1.95. The van der Waals surface area contributed by atoms with Crippen molar-refractivity contribution in [1.29, 1.82) is 0 Å². The van der Waals surface area contributed by atoms with Crippen LogP contribution in [0.1, 0.15) is 5.56 Å². The largest absolute Gasteiger partial charge is 0.408 e. The van der Waals surface area contributed by atoms with E-state index in [1.165, 1.54) is 6.21 Å². The van der Waals surface area contributed by atoms with Crippen LogP contribution in [0.4, 0.5) is 5.88 Å². The highest BCUT2D eigenvalue weighted by Crippen LogP contribution is 2.33. The van der Waals surface area contributed by atoms with Crippen LogP contribution in [0.15, 0.2) is 38.6 Å².